The van der Waals surface area contributed by atoms with Gasteiger partial charge in [0.25, 0.3) is 11.1 Å². The van der Waals surface area contributed by atoms with Gasteiger partial charge in [0, 0.05) is 59.9 Å². The summed E-state index contributed by atoms with van der Waals surface area (Å²) in [7, 11) is 0. The highest BCUT2D eigenvalue weighted by Gasteiger charge is 2.42. The lowest BCUT2D eigenvalue weighted by Crippen LogP contribution is -2.41. The molecule has 4 heterocycles. The zero-order chi connectivity index (χ0) is 77.7. The molecule has 2 fully saturated rings. The number of amides is 2. The largest absolute Gasteiger partial charge is 0.481 e. The second kappa shape index (κ2) is 33.3. The van der Waals surface area contributed by atoms with Crippen molar-refractivity contribution < 1.29 is 99.3 Å². The zero-order valence-electron chi connectivity index (χ0n) is 59.0. The molecule has 6 aromatic rings. The number of aliphatic carboxylic acids is 1. The summed E-state index contributed by atoms with van der Waals surface area (Å²) in [6.07, 6.45) is -17.9. The second-order valence-electron chi connectivity index (χ2n) is 27.2. The van der Waals surface area contributed by atoms with Gasteiger partial charge in [0.2, 0.25) is 11.8 Å². The Bertz CT molecular complexity index is 4300. The molecule has 2 aliphatic rings. The Hall–Kier alpha value is -8.54. The van der Waals surface area contributed by atoms with Crippen LogP contribution in [0.4, 0.5) is 70.2 Å². The van der Waals surface area contributed by atoms with E-state index in [4.69, 9.17) is 4.74 Å². The molecular weight excluding hydrogens is 1400 g/mol. The minimum Gasteiger partial charge on any atom is -0.481 e. The van der Waals surface area contributed by atoms with E-state index in [-0.39, 0.29) is 113 Å². The highest BCUT2D eigenvalue weighted by molar-refractivity contribution is 5.84. The Kier molecular flexibility index (Phi) is 26.5. The lowest BCUT2D eigenvalue weighted by atomic mass is 9.87. The molecule has 104 heavy (non-hydrogen) atoms. The van der Waals surface area contributed by atoms with Gasteiger partial charge in [0.1, 0.15) is 35.4 Å². The number of hydrogen-bond donors (Lipinski definition) is 3. The van der Waals surface area contributed by atoms with Gasteiger partial charge in [-0.25, -0.2) is 17.6 Å². The fourth-order valence-electron chi connectivity index (χ4n) is 13.2. The Morgan fingerprint density at radius 2 is 0.846 bits per heavy atom. The number of alkyl halides is 12. The zero-order valence-corrected chi connectivity index (χ0v) is 59.0. The van der Waals surface area contributed by atoms with Crippen molar-refractivity contribution in [3.8, 4) is 22.3 Å². The van der Waals surface area contributed by atoms with E-state index >= 15 is 17.6 Å². The van der Waals surface area contributed by atoms with Crippen LogP contribution in [0.5, 0.6) is 0 Å². The van der Waals surface area contributed by atoms with E-state index in [0.717, 1.165) is 84.6 Å². The third kappa shape index (κ3) is 19.5. The van der Waals surface area contributed by atoms with Gasteiger partial charge >= 0.3 is 36.6 Å². The van der Waals surface area contributed by atoms with Crippen molar-refractivity contribution in [3.63, 3.8) is 0 Å². The summed E-state index contributed by atoms with van der Waals surface area (Å²) in [5.74, 6) is -10.6. The molecule has 14 nitrogen and oxygen atoms in total. The normalized spacial score (nSPS) is 15.0. The van der Waals surface area contributed by atoms with Crippen LogP contribution >= 0.6 is 0 Å². The summed E-state index contributed by atoms with van der Waals surface area (Å²) in [5.41, 5.74) is -10.9. The number of carbonyl (C=O) groups is 4. The van der Waals surface area contributed by atoms with Crippen molar-refractivity contribution in [2.45, 2.75) is 176 Å². The lowest BCUT2D eigenvalue weighted by molar-refractivity contribution is -0.144. The number of benzene rings is 4. The van der Waals surface area contributed by atoms with Crippen molar-refractivity contribution in [2.24, 2.45) is 11.8 Å². The summed E-state index contributed by atoms with van der Waals surface area (Å²) in [5, 5.41) is 14.5. The Labute approximate surface area is 589 Å². The molecule has 0 spiro atoms. The summed E-state index contributed by atoms with van der Waals surface area (Å²) in [6.45, 7) is 19.0. The first-order valence-corrected chi connectivity index (χ1v) is 33.7. The molecule has 0 aliphatic carbocycles. The molecular formula is C74H82F16N6O8. The molecule has 0 bridgehead atoms. The van der Waals surface area contributed by atoms with Crippen molar-refractivity contribution in [1.82, 2.24) is 29.6 Å². The number of rotatable bonds is 25. The van der Waals surface area contributed by atoms with Crippen molar-refractivity contribution in [1.29, 1.82) is 0 Å². The number of nitrogens with one attached hydrogen (secondary N) is 2. The number of esters is 1. The molecule has 2 unspecified atom stereocenters. The maximum atomic E-state index is 16.7. The number of pyridine rings is 2. The highest BCUT2D eigenvalue weighted by Crippen LogP contribution is 2.45. The molecule has 2 amide bonds. The molecule has 8 rings (SSSR count). The van der Waals surface area contributed by atoms with Crippen LogP contribution in [-0.2, 0) is 61.5 Å². The van der Waals surface area contributed by atoms with Crippen LogP contribution in [0.25, 0.3) is 22.3 Å². The van der Waals surface area contributed by atoms with Gasteiger partial charge in [-0.1, -0.05) is 39.8 Å². The van der Waals surface area contributed by atoms with E-state index < -0.39 is 164 Å². The van der Waals surface area contributed by atoms with E-state index in [1.165, 1.54) is 34.6 Å². The first-order valence-electron chi connectivity index (χ1n) is 33.7. The maximum Gasteiger partial charge on any atom is 0.416 e. The number of likely N-dealkylation sites (tertiary alicyclic amines) is 2. The van der Waals surface area contributed by atoms with Crippen LogP contribution in [0.1, 0.15) is 175 Å². The molecule has 2 saturated heterocycles. The predicted molar refractivity (Wildman–Crippen MR) is 355 cm³/mol. The number of carbonyl (C=O) groups excluding carboxylic acids is 3. The smallest absolute Gasteiger partial charge is 0.416 e. The van der Waals surface area contributed by atoms with E-state index in [2.05, 4.69) is 10.6 Å². The van der Waals surface area contributed by atoms with Crippen LogP contribution in [0.2, 0.25) is 0 Å². The van der Waals surface area contributed by atoms with E-state index in [1.807, 2.05) is 9.80 Å². The summed E-state index contributed by atoms with van der Waals surface area (Å²) in [4.78, 5) is 83.3. The summed E-state index contributed by atoms with van der Waals surface area (Å²) >= 11 is 0. The first kappa shape index (κ1) is 82.7. The third-order valence-electron chi connectivity index (χ3n) is 18.6. The van der Waals surface area contributed by atoms with Crippen LogP contribution in [0, 0.1) is 76.6 Å². The van der Waals surface area contributed by atoms with Crippen molar-refractivity contribution in [2.75, 3.05) is 45.9 Å². The maximum absolute atomic E-state index is 16.7. The molecule has 568 valence electrons. The average molecular weight is 1490 g/mol. The van der Waals surface area contributed by atoms with E-state index in [9.17, 15) is 86.6 Å². The van der Waals surface area contributed by atoms with Gasteiger partial charge in [-0.05, 0) is 205 Å². The fraction of sp³-hybridized carbons (Fsp3) is 0.486. The SMILES string of the molecule is CCOC(=O)C[C@H](NC(=O)C(CC(C)C)n1cc(CCN2CCC2)c(C(F)(F)F)cc1=O)c1c(F)c(C)cc(-c2c(C)ccc(C(F)(F)F)c2C)c1F.Cc1cc(-c2c(C)ccc(C(F)(F)F)c2C)c(F)c([C@H](CC(=O)O)NC(=O)C(CC(C)C)n2cc(CCN3CCC3)c(C(F)(F)F)cc2=O)c1F. The monoisotopic (exact) mass is 1490 g/mol. The number of aromatic nitrogens is 2. The number of ether oxygens (including phenoxy) is 1. The van der Waals surface area contributed by atoms with Crippen LogP contribution in [0.3, 0.4) is 0 Å². The molecule has 30 heteroatoms. The first-order chi connectivity index (χ1) is 48.3. The van der Waals surface area contributed by atoms with Gasteiger partial charge in [-0.3, -0.25) is 28.8 Å². The minimum atomic E-state index is -4.88. The van der Waals surface area contributed by atoms with Crippen LogP contribution < -0.4 is 21.8 Å². The number of aryl methyl sites for hydroxylation is 4. The molecule has 2 aliphatic heterocycles. The average Bonchev–Trinajstić information content (AvgIpc) is 0.765. The molecule has 0 radical (unpaired) electrons. The quantitative estimate of drug-likeness (QED) is 0.0370. The lowest BCUT2D eigenvalue weighted by Gasteiger charge is -2.31. The Morgan fingerprint density at radius 3 is 1.14 bits per heavy atom. The van der Waals surface area contributed by atoms with Crippen molar-refractivity contribution >= 4 is 23.8 Å². The topological polar surface area (TPSA) is 172 Å². The molecule has 4 atom stereocenters. The van der Waals surface area contributed by atoms with E-state index in [1.54, 1.807) is 27.7 Å². The summed E-state index contributed by atoms with van der Waals surface area (Å²) < 4.78 is 239. The second-order valence-corrected chi connectivity index (χ2v) is 27.2. The van der Waals surface area contributed by atoms with Gasteiger partial charge < -0.3 is 39.4 Å². The number of carboxylic acid groups (broad SMARTS) is 1. The number of halogens is 16. The fourth-order valence-corrected chi connectivity index (χ4v) is 13.2. The van der Waals surface area contributed by atoms with Crippen molar-refractivity contribution in [3.05, 3.63) is 183 Å². The highest BCUT2D eigenvalue weighted by atomic mass is 19.4. The standard InChI is InChI=1S/C38H43F8N3O4.C36H39F8N3O4/c1-7-53-31(51)18-28(33-34(39)22(5)16-25(35(33)40)32-21(4)9-10-26(23(32)6)37(41,42)43)47-36(52)29(15-20(2)3)49-19-24(11-14-48-12-8-13-48)27(17-30(49)50)38(44,45)46;1-18(2)13-27(47-17-22(9-12-46-10-6-11-46)25(15-28(47)48)36(42,43)44)34(51)45-26(16-29(49)50)31-32(37)20(4)14-23(33(31)38)30-19(3)7-8-24(21(30)5)35(39,40)41/h9-10,16-17,19-20,28-29H,7-8,11-15,18H2,1-6H3,(H,47,52);7-8,14-15,17-18,26-27H,6,9-13,16H2,1-5H3,(H,45,51)(H,49,50)/t28-,29?;26-,27?/m00/s1. The third-order valence-corrected chi connectivity index (χ3v) is 18.6. The predicted octanol–water partition coefficient (Wildman–Crippen LogP) is 16.3. The Balaban J connectivity index is 0.000000291. The van der Waals surface area contributed by atoms with E-state index in [0.29, 0.717) is 38.3 Å². The number of hydrogen-bond acceptors (Lipinski definition) is 9. The van der Waals surface area contributed by atoms with Crippen LogP contribution in [0.15, 0.2) is 70.5 Å². The molecule has 4 aromatic carbocycles. The van der Waals surface area contributed by atoms with Gasteiger partial charge in [-0.15, -0.1) is 0 Å². The number of carboxylic acids is 1. The summed E-state index contributed by atoms with van der Waals surface area (Å²) in [6, 6.07) is 0.0397. The Morgan fingerprint density at radius 1 is 0.500 bits per heavy atom. The van der Waals surface area contributed by atoms with Gasteiger partial charge in [0.05, 0.1) is 53.8 Å². The number of nitrogens with zero attached hydrogens (tertiary/aromatic N) is 4. The van der Waals surface area contributed by atoms with Gasteiger partial charge in [0.15, 0.2) is 0 Å². The molecule has 3 N–H and O–H groups in total. The molecule has 0 saturated carbocycles. The molecule has 2 aromatic heterocycles. The van der Waals surface area contributed by atoms with Crippen LogP contribution in [-0.4, -0.2) is 93.7 Å². The van der Waals surface area contributed by atoms with Gasteiger partial charge in [-0.2, -0.15) is 52.7 Å². The minimum absolute atomic E-state index is 0.0759.